The first-order valence-corrected chi connectivity index (χ1v) is 9.58. The molecule has 3 aromatic rings. The van der Waals surface area contributed by atoms with Gasteiger partial charge in [-0.2, -0.15) is 13.2 Å². The van der Waals surface area contributed by atoms with Crippen LogP contribution in [-0.2, 0) is 19.0 Å². The van der Waals surface area contributed by atoms with Gasteiger partial charge in [0.05, 0.1) is 11.3 Å². The van der Waals surface area contributed by atoms with E-state index in [9.17, 15) is 22.4 Å². The van der Waals surface area contributed by atoms with E-state index in [-0.39, 0.29) is 29.4 Å². The van der Waals surface area contributed by atoms with Crippen LogP contribution in [0.25, 0.3) is 4.96 Å². The molecule has 2 aromatic heterocycles. The highest BCUT2D eigenvalue weighted by atomic mass is 32.1. The van der Waals surface area contributed by atoms with Crippen molar-refractivity contribution >= 4 is 16.3 Å². The molecule has 0 radical (unpaired) electrons. The Kier molecular flexibility index (Phi) is 4.81. The van der Waals surface area contributed by atoms with Crippen molar-refractivity contribution in [3.05, 3.63) is 80.2 Å². The molecular weight excluding hydrogens is 408 g/mol. The summed E-state index contributed by atoms with van der Waals surface area (Å²) in [5.74, 6) is -1.34. The molecule has 2 N–H and O–H groups in total. The standard InChI is InChI=1S/C19H16F4N4OS/c1-10-14(9-15-24-5-6-25-15)27-16(28)8-12(26-18(27)29-10)7-11-3-2-4-13(17(11)20)19(21,22)23/h2-6,8,15,24-25H,7,9H2,1H3. The van der Waals surface area contributed by atoms with Gasteiger partial charge >= 0.3 is 6.18 Å². The number of halogens is 4. The number of aryl methyl sites for hydroxylation is 1. The van der Waals surface area contributed by atoms with Crippen LogP contribution in [0, 0.1) is 12.7 Å². The summed E-state index contributed by atoms with van der Waals surface area (Å²) < 4.78 is 54.6. The third-order valence-electron chi connectivity index (χ3n) is 4.69. The van der Waals surface area contributed by atoms with Crippen molar-refractivity contribution < 1.29 is 17.6 Å². The van der Waals surface area contributed by atoms with Gasteiger partial charge in [-0.1, -0.05) is 12.1 Å². The van der Waals surface area contributed by atoms with Crippen LogP contribution in [0.3, 0.4) is 0 Å². The van der Waals surface area contributed by atoms with Crippen molar-refractivity contribution in [1.82, 2.24) is 20.0 Å². The Balaban J connectivity index is 1.69. The van der Waals surface area contributed by atoms with Crippen LogP contribution >= 0.6 is 11.3 Å². The van der Waals surface area contributed by atoms with E-state index in [0.29, 0.717) is 17.4 Å². The molecule has 3 heterocycles. The van der Waals surface area contributed by atoms with Crippen molar-refractivity contribution in [3.8, 4) is 0 Å². The van der Waals surface area contributed by atoms with Gasteiger partial charge in [-0.3, -0.25) is 9.20 Å². The Hall–Kier alpha value is -2.88. The predicted molar refractivity (Wildman–Crippen MR) is 101 cm³/mol. The van der Waals surface area contributed by atoms with Crippen LogP contribution in [-0.4, -0.2) is 15.6 Å². The number of benzene rings is 1. The fourth-order valence-electron chi connectivity index (χ4n) is 3.32. The molecule has 0 aliphatic carbocycles. The Morgan fingerprint density at radius 2 is 1.97 bits per heavy atom. The number of thiazole rings is 1. The Labute approximate surface area is 166 Å². The van der Waals surface area contributed by atoms with Gasteiger partial charge in [0.2, 0.25) is 0 Å². The zero-order chi connectivity index (χ0) is 20.8. The van der Waals surface area contributed by atoms with Crippen LogP contribution in [0.5, 0.6) is 0 Å². The maximum atomic E-state index is 14.3. The molecule has 5 nitrogen and oxygen atoms in total. The van der Waals surface area contributed by atoms with Gasteiger partial charge in [-0.15, -0.1) is 11.3 Å². The number of fused-ring (bicyclic) bond motifs is 1. The lowest BCUT2D eigenvalue weighted by molar-refractivity contribution is -0.140. The summed E-state index contributed by atoms with van der Waals surface area (Å²) in [7, 11) is 0. The van der Waals surface area contributed by atoms with E-state index < -0.39 is 17.6 Å². The molecule has 0 saturated heterocycles. The van der Waals surface area contributed by atoms with Gasteiger partial charge in [0, 0.05) is 41.9 Å². The molecule has 0 amide bonds. The second-order valence-corrected chi connectivity index (χ2v) is 7.87. The predicted octanol–water partition coefficient (Wildman–Crippen LogP) is 3.35. The molecule has 29 heavy (non-hydrogen) atoms. The monoisotopic (exact) mass is 424 g/mol. The topological polar surface area (TPSA) is 58.4 Å². The molecular formula is C19H16F4N4OS. The lowest BCUT2D eigenvalue weighted by atomic mass is 10.0. The van der Waals surface area contributed by atoms with E-state index in [0.717, 1.165) is 16.6 Å². The lowest BCUT2D eigenvalue weighted by Gasteiger charge is -2.13. The molecule has 0 fully saturated rings. The third kappa shape index (κ3) is 3.71. The van der Waals surface area contributed by atoms with Crippen LogP contribution in [0.15, 0.2) is 41.5 Å². The van der Waals surface area contributed by atoms with Crippen LogP contribution < -0.4 is 16.2 Å². The molecule has 4 rings (SSSR count). The van der Waals surface area contributed by atoms with Crippen LogP contribution in [0.1, 0.15) is 27.4 Å². The molecule has 1 aromatic carbocycles. The third-order valence-corrected chi connectivity index (χ3v) is 5.69. The zero-order valence-corrected chi connectivity index (χ0v) is 16.0. The summed E-state index contributed by atoms with van der Waals surface area (Å²) in [4.78, 5) is 18.4. The zero-order valence-electron chi connectivity index (χ0n) is 15.2. The van der Waals surface area contributed by atoms with Crippen molar-refractivity contribution in [2.45, 2.75) is 32.1 Å². The molecule has 1 aliphatic rings. The van der Waals surface area contributed by atoms with Gasteiger partial charge < -0.3 is 10.6 Å². The first kappa shape index (κ1) is 19.4. The summed E-state index contributed by atoms with van der Waals surface area (Å²) in [6.07, 6.45) is -0.939. The van der Waals surface area contributed by atoms with Gasteiger partial charge in [0.15, 0.2) is 4.96 Å². The maximum Gasteiger partial charge on any atom is 0.419 e. The molecule has 0 spiro atoms. The number of alkyl halides is 3. The van der Waals surface area contributed by atoms with E-state index in [1.807, 2.05) is 6.92 Å². The molecule has 152 valence electrons. The Bertz CT molecular complexity index is 1160. The van der Waals surface area contributed by atoms with Crippen molar-refractivity contribution in [2.75, 3.05) is 0 Å². The van der Waals surface area contributed by atoms with Gasteiger partial charge in [0.25, 0.3) is 5.56 Å². The molecule has 0 unspecified atom stereocenters. The SMILES string of the molecule is Cc1sc2nc(Cc3cccc(C(F)(F)F)c3F)cc(=O)n2c1CC1NC=CN1. The second kappa shape index (κ2) is 7.18. The van der Waals surface area contributed by atoms with Crippen molar-refractivity contribution in [3.63, 3.8) is 0 Å². The number of nitrogens with one attached hydrogen (secondary N) is 2. The highest BCUT2D eigenvalue weighted by Gasteiger charge is 2.34. The van der Waals surface area contributed by atoms with Gasteiger partial charge in [-0.25, -0.2) is 9.37 Å². The van der Waals surface area contributed by atoms with Crippen LogP contribution in [0.4, 0.5) is 17.6 Å². The molecule has 0 atom stereocenters. The minimum Gasteiger partial charge on any atom is -0.370 e. The molecule has 0 bridgehead atoms. The summed E-state index contributed by atoms with van der Waals surface area (Å²) >= 11 is 1.31. The minimum absolute atomic E-state index is 0.0442. The average molecular weight is 424 g/mol. The normalized spacial score (nSPS) is 14.4. The first-order chi connectivity index (χ1) is 13.7. The fraction of sp³-hybridized carbons (Fsp3) is 0.263. The Morgan fingerprint density at radius 3 is 2.66 bits per heavy atom. The fourth-order valence-corrected chi connectivity index (χ4v) is 4.34. The number of hydrogen-bond donors (Lipinski definition) is 2. The lowest BCUT2D eigenvalue weighted by Crippen LogP contribution is -2.34. The van der Waals surface area contributed by atoms with E-state index in [4.69, 9.17) is 0 Å². The first-order valence-electron chi connectivity index (χ1n) is 8.76. The van der Waals surface area contributed by atoms with Crippen molar-refractivity contribution in [2.24, 2.45) is 0 Å². The van der Waals surface area contributed by atoms with E-state index in [1.54, 1.807) is 12.4 Å². The molecule has 1 aliphatic heterocycles. The summed E-state index contributed by atoms with van der Waals surface area (Å²) in [6.45, 7) is 1.88. The smallest absolute Gasteiger partial charge is 0.370 e. The largest absolute Gasteiger partial charge is 0.419 e. The van der Waals surface area contributed by atoms with Gasteiger partial charge in [-0.05, 0) is 18.6 Å². The quantitative estimate of drug-likeness (QED) is 0.631. The number of aromatic nitrogens is 2. The van der Waals surface area contributed by atoms with E-state index >= 15 is 0 Å². The maximum absolute atomic E-state index is 14.3. The van der Waals surface area contributed by atoms with E-state index in [1.165, 1.54) is 27.9 Å². The number of rotatable bonds is 4. The average Bonchev–Trinajstić information content (AvgIpc) is 3.24. The highest BCUT2D eigenvalue weighted by Crippen LogP contribution is 2.33. The summed E-state index contributed by atoms with van der Waals surface area (Å²) in [6, 6.07) is 4.36. The number of nitrogens with zero attached hydrogens (tertiary/aromatic N) is 2. The van der Waals surface area contributed by atoms with E-state index in [2.05, 4.69) is 15.6 Å². The summed E-state index contributed by atoms with van der Waals surface area (Å²) in [5.41, 5.74) is -0.808. The highest BCUT2D eigenvalue weighted by molar-refractivity contribution is 7.17. The second-order valence-electron chi connectivity index (χ2n) is 6.69. The van der Waals surface area contributed by atoms with Crippen LogP contribution in [0.2, 0.25) is 0 Å². The Morgan fingerprint density at radius 1 is 1.24 bits per heavy atom. The summed E-state index contributed by atoms with van der Waals surface area (Å²) in [5, 5.41) is 6.24. The van der Waals surface area contributed by atoms with Crippen molar-refractivity contribution in [1.29, 1.82) is 0 Å². The molecule has 10 heteroatoms. The molecule has 0 saturated carbocycles. The van der Waals surface area contributed by atoms with Gasteiger partial charge in [0.1, 0.15) is 12.0 Å². The minimum atomic E-state index is -4.78. The number of hydrogen-bond acceptors (Lipinski definition) is 5.